The first-order chi connectivity index (χ1) is 17.3. The molecule has 1 fully saturated rings. The summed E-state index contributed by atoms with van der Waals surface area (Å²) in [5.74, 6) is -0.607. The Morgan fingerprint density at radius 1 is 1.19 bits per heavy atom. The summed E-state index contributed by atoms with van der Waals surface area (Å²) in [4.78, 5) is 53.8. The van der Waals surface area contributed by atoms with Gasteiger partial charge in [0.05, 0.1) is 7.11 Å². The van der Waals surface area contributed by atoms with E-state index in [4.69, 9.17) is 4.74 Å². The SMILES string of the molecule is COC(=O)CNC(=O)C(c1ccc(C)cc1C)N(C(=O)C(CCSC)NC(=O)OC(C)(C)C)C1CC1C. The predicted molar refractivity (Wildman–Crippen MR) is 144 cm³/mol. The fraction of sp³-hybridized carbons (Fsp3) is 0.630. The lowest BCUT2D eigenvalue weighted by molar-refractivity contribution is -0.145. The molecular formula is C27H41N3O6S. The Morgan fingerprint density at radius 2 is 1.84 bits per heavy atom. The summed E-state index contributed by atoms with van der Waals surface area (Å²) < 4.78 is 10.1. The fourth-order valence-corrected chi connectivity index (χ4v) is 4.64. The van der Waals surface area contributed by atoms with E-state index < -0.39 is 35.7 Å². The number of thioether (sulfide) groups is 1. The van der Waals surface area contributed by atoms with E-state index in [0.717, 1.165) is 17.5 Å². The Labute approximate surface area is 224 Å². The smallest absolute Gasteiger partial charge is 0.408 e. The number of carbonyl (C=O) groups is 4. The molecule has 10 heteroatoms. The molecule has 1 aromatic carbocycles. The normalized spacial score (nSPS) is 18.3. The fourth-order valence-electron chi connectivity index (χ4n) is 4.17. The molecule has 0 heterocycles. The molecule has 1 aliphatic carbocycles. The van der Waals surface area contributed by atoms with Crippen molar-refractivity contribution in [2.24, 2.45) is 5.92 Å². The third-order valence-electron chi connectivity index (χ3n) is 6.16. The van der Waals surface area contributed by atoms with E-state index in [1.54, 1.807) is 37.4 Å². The molecule has 4 atom stereocenters. The molecular weight excluding hydrogens is 494 g/mol. The number of hydrogen-bond donors (Lipinski definition) is 2. The number of carbonyl (C=O) groups excluding carboxylic acids is 4. The van der Waals surface area contributed by atoms with Crippen molar-refractivity contribution < 1.29 is 28.7 Å². The van der Waals surface area contributed by atoms with Crippen molar-refractivity contribution in [3.05, 3.63) is 34.9 Å². The zero-order valence-corrected chi connectivity index (χ0v) is 24.0. The van der Waals surface area contributed by atoms with Crippen LogP contribution >= 0.6 is 11.8 Å². The third-order valence-corrected chi connectivity index (χ3v) is 6.80. The van der Waals surface area contributed by atoms with Gasteiger partial charge in [0.1, 0.15) is 24.2 Å². The highest BCUT2D eigenvalue weighted by Gasteiger charge is 2.48. The molecule has 0 aromatic heterocycles. The number of hydrogen-bond acceptors (Lipinski definition) is 7. The van der Waals surface area contributed by atoms with Gasteiger partial charge in [-0.15, -0.1) is 0 Å². The number of amides is 3. The summed E-state index contributed by atoms with van der Waals surface area (Å²) in [5.41, 5.74) is 1.82. The van der Waals surface area contributed by atoms with Crippen LogP contribution in [0.2, 0.25) is 0 Å². The van der Waals surface area contributed by atoms with Gasteiger partial charge in [-0.25, -0.2) is 4.79 Å². The number of esters is 1. The molecule has 3 amide bonds. The van der Waals surface area contributed by atoms with Gasteiger partial charge in [-0.1, -0.05) is 30.7 Å². The van der Waals surface area contributed by atoms with Crippen molar-refractivity contribution in [3.63, 3.8) is 0 Å². The molecule has 37 heavy (non-hydrogen) atoms. The highest BCUT2D eigenvalue weighted by molar-refractivity contribution is 7.98. The van der Waals surface area contributed by atoms with Crippen molar-refractivity contribution in [2.45, 2.75) is 78.1 Å². The number of nitrogens with zero attached hydrogens (tertiary/aromatic N) is 1. The predicted octanol–water partition coefficient (Wildman–Crippen LogP) is 3.52. The summed E-state index contributed by atoms with van der Waals surface area (Å²) in [7, 11) is 1.25. The second-order valence-electron chi connectivity index (χ2n) is 10.6. The summed E-state index contributed by atoms with van der Waals surface area (Å²) in [6.45, 7) is 10.8. The number of nitrogens with one attached hydrogen (secondary N) is 2. The van der Waals surface area contributed by atoms with Gasteiger partial charge in [-0.2, -0.15) is 11.8 Å². The number of alkyl carbamates (subject to hydrolysis) is 1. The van der Waals surface area contributed by atoms with Gasteiger partial charge in [0.25, 0.3) is 0 Å². The second-order valence-corrected chi connectivity index (χ2v) is 11.5. The molecule has 9 nitrogen and oxygen atoms in total. The average molecular weight is 536 g/mol. The van der Waals surface area contributed by atoms with Crippen LogP contribution in [0, 0.1) is 19.8 Å². The highest BCUT2D eigenvalue weighted by atomic mass is 32.2. The molecule has 1 aromatic rings. The molecule has 206 valence electrons. The van der Waals surface area contributed by atoms with E-state index in [9.17, 15) is 19.2 Å². The van der Waals surface area contributed by atoms with Gasteiger partial charge < -0.3 is 25.0 Å². The van der Waals surface area contributed by atoms with Crippen molar-refractivity contribution in [1.29, 1.82) is 0 Å². The summed E-state index contributed by atoms with van der Waals surface area (Å²) in [6.07, 6.45) is 2.35. The molecule has 0 radical (unpaired) electrons. The zero-order valence-electron chi connectivity index (χ0n) is 23.2. The lowest BCUT2D eigenvalue weighted by Gasteiger charge is -2.35. The molecule has 4 unspecified atom stereocenters. The van der Waals surface area contributed by atoms with Crippen molar-refractivity contribution in [3.8, 4) is 0 Å². The number of aryl methyl sites for hydroxylation is 2. The minimum Gasteiger partial charge on any atom is -0.468 e. The molecule has 2 rings (SSSR count). The number of benzene rings is 1. The molecule has 1 aliphatic rings. The van der Waals surface area contributed by atoms with Crippen molar-refractivity contribution in [1.82, 2.24) is 15.5 Å². The van der Waals surface area contributed by atoms with Crippen LogP contribution in [0.15, 0.2) is 18.2 Å². The van der Waals surface area contributed by atoms with Crippen LogP contribution in [0.4, 0.5) is 4.79 Å². The molecule has 0 bridgehead atoms. The standard InChI is InChI=1S/C27H41N3O6S/c1-16-9-10-19(17(2)13-16)23(24(32)28-15-22(31)35-7)30(21-14-18(21)3)25(33)20(11-12-37-8)29-26(34)36-27(4,5)6/h9-10,13,18,20-21,23H,11-12,14-15H2,1-8H3,(H,28,32)(H,29,34). The van der Waals surface area contributed by atoms with Gasteiger partial charge in [-0.3, -0.25) is 14.4 Å². The summed E-state index contributed by atoms with van der Waals surface area (Å²) in [5, 5.41) is 5.38. The van der Waals surface area contributed by atoms with Crippen LogP contribution in [0.5, 0.6) is 0 Å². The highest BCUT2D eigenvalue weighted by Crippen LogP contribution is 2.41. The summed E-state index contributed by atoms with van der Waals surface area (Å²) in [6, 6.07) is 3.66. The monoisotopic (exact) mass is 535 g/mol. The second kappa shape index (κ2) is 13.2. The Morgan fingerprint density at radius 3 is 2.35 bits per heavy atom. The van der Waals surface area contributed by atoms with E-state index in [2.05, 4.69) is 15.4 Å². The Hall–Kier alpha value is -2.75. The van der Waals surface area contributed by atoms with Gasteiger partial charge in [-0.05, 0) is 76.5 Å². The Balaban J connectivity index is 2.50. The number of methoxy groups -OCH3 is 1. The number of ether oxygens (including phenoxy) is 2. The lowest BCUT2D eigenvalue weighted by atomic mass is 9.96. The lowest BCUT2D eigenvalue weighted by Crippen LogP contribution is -2.54. The Kier molecular flexibility index (Phi) is 10.8. The van der Waals surface area contributed by atoms with Crippen LogP contribution in [-0.4, -0.2) is 72.1 Å². The first kappa shape index (κ1) is 30.5. The van der Waals surface area contributed by atoms with E-state index in [0.29, 0.717) is 17.7 Å². The van der Waals surface area contributed by atoms with E-state index in [1.807, 2.05) is 45.2 Å². The van der Waals surface area contributed by atoms with Crippen LogP contribution in [0.1, 0.15) is 63.3 Å². The summed E-state index contributed by atoms with van der Waals surface area (Å²) >= 11 is 1.56. The molecule has 0 saturated heterocycles. The van der Waals surface area contributed by atoms with Crippen LogP contribution in [0.25, 0.3) is 0 Å². The molecule has 1 saturated carbocycles. The zero-order chi connectivity index (χ0) is 27.9. The molecule has 0 aliphatic heterocycles. The number of rotatable bonds is 11. The van der Waals surface area contributed by atoms with Crippen molar-refractivity contribution >= 4 is 35.6 Å². The maximum Gasteiger partial charge on any atom is 0.408 e. The molecule has 0 spiro atoms. The minimum absolute atomic E-state index is 0.181. The van der Waals surface area contributed by atoms with Crippen LogP contribution < -0.4 is 10.6 Å². The quantitative estimate of drug-likeness (QED) is 0.417. The van der Waals surface area contributed by atoms with E-state index in [1.165, 1.54) is 7.11 Å². The third kappa shape index (κ3) is 8.94. The Bertz CT molecular complexity index is 993. The largest absolute Gasteiger partial charge is 0.468 e. The maximum absolute atomic E-state index is 14.1. The molecule has 2 N–H and O–H groups in total. The maximum atomic E-state index is 14.1. The van der Waals surface area contributed by atoms with Gasteiger partial charge >= 0.3 is 12.1 Å². The van der Waals surface area contributed by atoms with Gasteiger partial charge in [0.2, 0.25) is 11.8 Å². The van der Waals surface area contributed by atoms with Crippen molar-refractivity contribution in [2.75, 3.05) is 25.7 Å². The minimum atomic E-state index is -0.982. The van der Waals surface area contributed by atoms with Crippen LogP contribution in [0.3, 0.4) is 0 Å². The first-order valence-electron chi connectivity index (χ1n) is 12.5. The van der Waals surface area contributed by atoms with Crippen LogP contribution in [-0.2, 0) is 23.9 Å². The van der Waals surface area contributed by atoms with E-state index >= 15 is 0 Å². The first-order valence-corrected chi connectivity index (χ1v) is 13.9. The topological polar surface area (TPSA) is 114 Å². The van der Waals surface area contributed by atoms with Gasteiger partial charge in [0.15, 0.2) is 0 Å². The average Bonchev–Trinajstić information content (AvgIpc) is 3.52. The van der Waals surface area contributed by atoms with Gasteiger partial charge in [0, 0.05) is 6.04 Å². The van der Waals surface area contributed by atoms with E-state index in [-0.39, 0.29) is 24.4 Å².